The Bertz CT molecular complexity index is 1480. The molecule has 4 aromatic rings. The van der Waals surface area contributed by atoms with Crippen LogP contribution in [0.3, 0.4) is 0 Å². The Kier molecular flexibility index (Phi) is 5.65. The van der Waals surface area contributed by atoms with Gasteiger partial charge in [0, 0.05) is 11.6 Å². The van der Waals surface area contributed by atoms with Gasteiger partial charge in [-0.05, 0) is 59.0 Å². The van der Waals surface area contributed by atoms with Crippen LogP contribution in [-0.4, -0.2) is 35.5 Å². The summed E-state index contributed by atoms with van der Waals surface area (Å²) in [6, 6.07) is 12.5. The molecule has 0 saturated carbocycles. The minimum atomic E-state index is -4.55. The fourth-order valence-electron chi connectivity index (χ4n) is 3.36. The number of benzene rings is 2. The number of amides is 1. The maximum atomic E-state index is 13.1. The second-order valence-corrected chi connectivity index (χ2v) is 8.90. The van der Waals surface area contributed by atoms with Crippen molar-refractivity contribution in [2.45, 2.75) is 6.18 Å². The maximum Gasteiger partial charge on any atom is 0.416 e. The standard InChI is InChI=1S/C22H12F3N5O3S2/c23-22(24,25)13-2-1-3-14(9-13)30-20(32)19(35-21(30)34)10-15-5-7-18(33-15)12-4-6-17(31)16(8-12)29-11-26-27-28-29/h1-11,31H/b19-10-. The van der Waals surface area contributed by atoms with Gasteiger partial charge in [-0.3, -0.25) is 9.69 Å². The number of phenolic OH excluding ortho intramolecular Hbond substituents is 1. The topological polar surface area (TPSA) is 97.3 Å². The van der Waals surface area contributed by atoms with Crippen molar-refractivity contribution in [3.8, 4) is 22.8 Å². The fourth-order valence-corrected chi connectivity index (χ4v) is 4.64. The van der Waals surface area contributed by atoms with Crippen molar-refractivity contribution in [3.63, 3.8) is 0 Å². The van der Waals surface area contributed by atoms with Crippen molar-refractivity contribution in [1.82, 2.24) is 20.2 Å². The van der Waals surface area contributed by atoms with Gasteiger partial charge in [0.15, 0.2) is 4.32 Å². The Labute approximate surface area is 204 Å². The highest BCUT2D eigenvalue weighted by molar-refractivity contribution is 8.27. The molecule has 5 rings (SSSR count). The molecule has 0 aliphatic carbocycles. The summed E-state index contributed by atoms with van der Waals surface area (Å²) >= 11 is 6.21. The summed E-state index contributed by atoms with van der Waals surface area (Å²) in [4.78, 5) is 14.2. The van der Waals surface area contributed by atoms with Crippen LogP contribution >= 0.6 is 24.0 Å². The van der Waals surface area contributed by atoms with E-state index in [1.165, 1.54) is 35.3 Å². The number of furan rings is 1. The number of hydrogen-bond donors (Lipinski definition) is 1. The summed E-state index contributed by atoms with van der Waals surface area (Å²) in [6.07, 6.45) is -1.74. The van der Waals surface area contributed by atoms with Gasteiger partial charge in [-0.2, -0.15) is 17.9 Å². The predicted octanol–water partition coefficient (Wildman–Crippen LogP) is 5.05. The lowest BCUT2D eigenvalue weighted by Gasteiger charge is -2.16. The highest BCUT2D eigenvalue weighted by Crippen LogP contribution is 2.39. The van der Waals surface area contributed by atoms with Crippen LogP contribution in [0.25, 0.3) is 23.1 Å². The molecule has 0 radical (unpaired) electrons. The molecule has 0 unspecified atom stereocenters. The van der Waals surface area contributed by atoms with Gasteiger partial charge in [0.25, 0.3) is 5.91 Å². The lowest BCUT2D eigenvalue weighted by atomic mass is 10.1. The molecule has 0 spiro atoms. The minimum Gasteiger partial charge on any atom is -0.506 e. The molecule has 2 aromatic heterocycles. The zero-order valence-corrected chi connectivity index (χ0v) is 18.9. The number of thioether (sulfide) groups is 1. The van der Waals surface area contributed by atoms with Gasteiger partial charge < -0.3 is 9.52 Å². The molecule has 1 amide bonds. The molecule has 176 valence electrons. The van der Waals surface area contributed by atoms with Crippen molar-refractivity contribution >= 4 is 46.0 Å². The molecule has 1 aliphatic rings. The van der Waals surface area contributed by atoms with Gasteiger partial charge in [0.1, 0.15) is 29.3 Å². The van der Waals surface area contributed by atoms with Crippen LogP contribution in [-0.2, 0) is 11.0 Å². The summed E-state index contributed by atoms with van der Waals surface area (Å²) in [5.41, 5.74) is 0.112. The SMILES string of the molecule is O=C1/C(=C/c2ccc(-c3ccc(O)c(-n4cnnn4)c3)o2)SC(=S)N1c1cccc(C(F)(F)F)c1. The van der Waals surface area contributed by atoms with Crippen molar-refractivity contribution in [3.05, 3.63) is 77.2 Å². The van der Waals surface area contributed by atoms with Crippen LogP contribution in [0.5, 0.6) is 5.75 Å². The van der Waals surface area contributed by atoms with Gasteiger partial charge >= 0.3 is 6.18 Å². The Balaban J connectivity index is 1.42. The number of carbonyl (C=O) groups is 1. The van der Waals surface area contributed by atoms with E-state index in [1.54, 1.807) is 24.3 Å². The number of aromatic hydroxyl groups is 1. The van der Waals surface area contributed by atoms with Crippen LogP contribution in [0.2, 0.25) is 0 Å². The van der Waals surface area contributed by atoms with Crippen molar-refractivity contribution in [1.29, 1.82) is 0 Å². The molecule has 3 heterocycles. The van der Waals surface area contributed by atoms with Crippen LogP contribution < -0.4 is 4.90 Å². The number of carbonyl (C=O) groups excluding carboxylic acids is 1. The first-order chi connectivity index (χ1) is 16.7. The van der Waals surface area contributed by atoms with Gasteiger partial charge in [-0.25, -0.2) is 0 Å². The second kappa shape index (κ2) is 8.67. The number of tetrazole rings is 1. The molecular formula is C22H12F3N5O3S2. The molecule has 1 saturated heterocycles. The van der Waals surface area contributed by atoms with E-state index in [0.29, 0.717) is 22.8 Å². The number of anilines is 1. The summed E-state index contributed by atoms with van der Waals surface area (Å²) in [6.45, 7) is 0. The van der Waals surface area contributed by atoms with E-state index in [4.69, 9.17) is 16.6 Å². The fraction of sp³-hybridized carbons (Fsp3) is 0.0455. The number of nitrogens with zero attached hydrogens (tertiary/aromatic N) is 5. The van der Waals surface area contributed by atoms with Gasteiger partial charge in [-0.1, -0.05) is 30.0 Å². The van der Waals surface area contributed by atoms with Crippen molar-refractivity contribution in [2.24, 2.45) is 0 Å². The van der Waals surface area contributed by atoms with E-state index in [-0.39, 0.29) is 20.7 Å². The zero-order chi connectivity index (χ0) is 24.7. The second-order valence-electron chi connectivity index (χ2n) is 7.23. The number of rotatable bonds is 4. The molecule has 1 N–H and O–H groups in total. The largest absolute Gasteiger partial charge is 0.506 e. The Morgan fingerprint density at radius 2 is 1.94 bits per heavy atom. The average molecular weight is 515 g/mol. The highest BCUT2D eigenvalue weighted by atomic mass is 32.2. The molecular weight excluding hydrogens is 503 g/mol. The Hall–Kier alpha value is -3.97. The van der Waals surface area contributed by atoms with Gasteiger partial charge in [-0.15, -0.1) is 5.10 Å². The number of halogens is 3. The average Bonchev–Trinajstić information content (AvgIpc) is 3.56. The summed E-state index contributed by atoms with van der Waals surface area (Å²) < 4.78 is 46.5. The van der Waals surface area contributed by atoms with E-state index in [2.05, 4.69) is 15.5 Å². The number of hydrogen-bond acceptors (Lipinski definition) is 8. The predicted molar refractivity (Wildman–Crippen MR) is 126 cm³/mol. The third-order valence-electron chi connectivity index (χ3n) is 4.98. The Morgan fingerprint density at radius 1 is 1.11 bits per heavy atom. The quantitative estimate of drug-likeness (QED) is 0.298. The third-order valence-corrected chi connectivity index (χ3v) is 6.28. The van der Waals surface area contributed by atoms with Crippen LogP contribution in [0.4, 0.5) is 18.9 Å². The molecule has 0 bridgehead atoms. The summed E-state index contributed by atoms with van der Waals surface area (Å²) in [5, 5.41) is 21.0. The molecule has 35 heavy (non-hydrogen) atoms. The van der Waals surface area contributed by atoms with Crippen LogP contribution in [0.1, 0.15) is 11.3 Å². The smallest absolute Gasteiger partial charge is 0.416 e. The number of thiocarbonyl (C=S) groups is 1. The van der Waals surface area contributed by atoms with E-state index < -0.39 is 17.6 Å². The third kappa shape index (κ3) is 4.42. The van der Waals surface area contributed by atoms with Crippen LogP contribution in [0.15, 0.2) is 70.2 Å². The lowest BCUT2D eigenvalue weighted by Crippen LogP contribution is -2.27. The van der Waals surface area contributed by atoms with E-state index in [9.17, 15) is 23.1 Å². The maximum absolute atomic E-state index is 13.1. The van der Waals surface area contributed by atoms with Crippen molar-refractivity contribution < 1.29 is 27.5 Å². The molecule has 13 heteroatoms. The summed E-state index contributed by atoms with van der Waals surface area (Å²) in [5.74, 6) is 0.189. The normalized spacial score (nSPS) is 15.4. The number of alkyl halides is 3. The van der Waals surface area contributed by atoms with Gasteiger partial charge in [0.2, 0.25) is 0 Å². The number of aromatic nitrogens is 4. The first-order valence-corrected chi connectivity index (χ1v) is 11.0. The monoisotopic (exact) mass is 515 g/mol. The molecule has 1 aliphatic heterocycles. The zero-order valence-electron chi connectivity index (χ0n) is 17.3. The van der Waals surface area contributed by atoms with Crippen molar-refractivity contribution in [2.75, 3.05) is 4.90 Å². The van der Waals surface area contributed by atoms with Crippen LogP contribution in [0, 0.1) is 0 Å². The van der Waals surface area contributed by atoms with E-state index in [0.717, 1.165) is 28.8 Å². The molecule has 1 fully saturated rings. The number of phenols is 1. The Morgan fingerprint density at radius 3 is 2.69 bits per heavy atom. The summed E-state index contributed by atoms with van der Waals surface area (Å²) in [7, 11) is 0. The highest BCUT2D eigenvalue weighted by Gasteiger charge is 2.36. The van der Waals surface area contributed by atoms with Gasteiger partial charge in [0.05, 0.1) is 16.2 Å². The minimum absolute atomic E-state index is 0.0325. The first kappa shape index (κ1) is 22.8. The lowest BCUT2D eigenvalue weighted by molar-refractivity contribution is -0.137. The molecule has 2 aromatic carbocycles. The molecule has 0 atom stereocenters. The van der Waals surface area contributed by atoms with E-state index in [1.807, 2.05) is 0 Å². The first-order valence-electron chi connectivity index (χ1n) is 9.82. The van der Waals surface area contributed by atoms with E-state index >= 15 is 0 Å². The molecule has 8 nitrogen and oxygen atoms in total.